The number of non-ortho nitro benzene ring substituents is 1. The van der Waals surface area contributed by atoms with E-state index in [0.717, 1.165) is 36.0 Å². The molecule has 0 bridgehead atoms. The van der Waals surface area contributed by atoms with Crippen LogP contribution in [0.4, 0.5) is 5.69 Å². The van der Waals surface area contributed by atoms with Crippen LogP contribution in [0.15, 0.2) is 58.3 Å². The molecule has 1 heterocycles. The molecule has 0 aliphatic carbocycles. The number of rotatable bonds is 5. The Bertz CT molecular complexity index is 1060. The van der Waals surface area contributed by atoms with E-state index in [2.05, 4.69) is 5.32 Å². The number of carbonyl (C=O) groups is 1. The molecule has 0 spiro atoms. The van der Waals surface area contributed by atoms with Gasteiger partial charge in [-0.15, -0.1) is 0 Å². The van der Waals surface area contributed by atoms with Crippen LogP contribution in [0, 0.1) is 15.5 Å². The zero-order valence-corrected chi connectivity index (χ0v) is 15.0. The van der Waals surface area contributed by atoms with Gasteiger partial charge in [-0.05, 0) is 47.7 Å². The molecule has 11 heteroatoms. The zero-order valence-electron chi connectivity index (χ0n) is 13.4. The van der Waals surface area contributed by atoms with Crippen LogP contribution in [0.1, 0.15) is 5.56 Å². The van der Waals surface area contributed by atoms with Crippen molar-refractivity contribution in [1.29, 1.82) is 5.41 Å². The molecule has 1 aliphatic rings. The number of nitrogens with one attached hydrogen (secondary N) is 2. The number of nitro benzene ring substituents is 1. The smallest absolute Gasteiger partial charge is 0.339 e. The summed E-state index contributed by atoms with van der Waals surface area (Å²) >= 11 is 0.992. The van der Waals surface area contributed by atoms with Crippen molar-refractivity contribution >= 4 is 44.7 Å². The summed E-state index contributed by atoms with van der Waals surface area (Å²) in [4.78, 5) is 21.7. The van der Waals surface area contributed by atoms with Crippen LogP contribution >= 0.6 is 11.8 Å². The van der Waals surface area contributed by atoms with E-state index < -0.39 is 15.0 Å². The van der Waals surface area contributed by atoms with Gasteiger partial charge in [0.15, 0.2) is 5.17 Å². The van der Waals surface area contributed by atoms with Crippen molar-refractivity contribution in [3.8, 4) is 5.75 Å². The first kappa shape index (κ1) is 18.6. The van der Waals surface area contributed by atoms with Crippen LogP contribution in [-0.2, 0) is 14.9 Å². The van der Waals surface area contributed by atoms with Crippen molar-refractivity contribution in [1.82, 2.24) is 5.32 Å². The molecule has 27 heavy (non-hydrogen) atoms. The van der Waals surface area contributed by atoms with Gasteiger partial charge in [-0.25, -0.2) is 0 Å². The first-order valence-electron chi connectivity index (χ1n) is 7.33. The maximum absolute atomic E-state index is 12.2. The molecule has 1 aliphatic heterocycles. The average Bonchev–Trinajstić information content (AvgIpc) is 2.93. The monoisotopic (exact) mass is 405 g/mol. The van der Waals surface area contributed by atoms with Crippen LogP contribution in [0.5, 0.6) is 5.75 Å². The molecule has 0 saturated carbocycles. The van der Waals surface area contributed by atoms with Crippen LogP contribution in [0.2, 0.25) is 0 Å². The van der Waals surface area contributed by atoms with Crippen molar-refractivity contribution < 1.29 is 22.3 Å². The van der Waals surface area contributed by atoms with Gasteiger partial charge in [0.25, 0.3) is 11.6 Å². The maximum Gasteiger partial charge on any atom is 0.339 e. The fraction of sp³-hybridized carbons (Fsp3) is 0. The lowest BCUT2D eigenvalue weighted by Crippen LogP contribution is -2.18. The van der Waals surface area contributed by atoms with E-state index in [1.54, 1.807) is 18.2 Å². The molecule has 9 nitrogen and oxygen atoms in total. The maximum atomic E-state index is 12.2. The third-order valence-corrected chi connectivity index (χ3v) is 5.47. The third kappa shape index (κ3) is 4.33. The Morgan fingerprint density at radius 1 is 1.11 bits per heavy atom. The molecule has 0 unspecified atom stereocenters. The Labute approximate surface area is 157 Å². The van der Waals surface area contributed by atoms with Crippen molar-refractivity contribution in [3.05, 3.63) is 69.1 Å². The average molecular weight is 405 g/mol. The molecule has 0 radical (unpaired) electrons. The molecule has 2 aromatic carbocycles. The second-order valence-corrected chi connectivity index (χ2v) is 7.85. The number of thioether (sulfide) groups is 1. The minimum absolute atomic E-state index is 0.0420. The summed E-state index contributed by atoms with van der Waals surface area (Å²) in [5, 5.41) is 20.4. The minimum Gasteiger partial charge on any atom is -0.379 e. The van der Waals surface area contributed by atoms with Crippen LogP contribution in [-0.4, -0.2) is 24.4 Å². The number of amides is 1. The number of hydrogen-bond donors (Lipinski definition) is 2. The largest absolute Gasteiger partial charge is 0.379 e. The number of nitro groups is 1. The van der Waals surface area contributed by atoms with Gasteiger partial charge in [-0.3, -0.25) is 20.3 Å². The van der Waals surface area contributed by atoms with Crippen LogP contribution < -0.4 is 9.50 Å². The molecule has 1 amide bonds. The number of carbonyl (C=O) groups excluding carboxylic acids is 1. The highest BCUT2D eigenvalue weighted by molar-refractivity contribution is 8.18. The van der Waals surface area contributed by atoms with E-state index in [0.29, 0.717) is 10.5 Å². The number of benzene rings is 2. The predicted molar refractivity (Wildman–Crippen MR) is 98.8 cm³/mol. The number of hydrogen-bond acceptors (Lipinski definition) is 8. The lowest BCUT2D eigenvalue weighted by Gasteiger charge is -2.07. The molecule has 1 fully saturated rings. The SMILES string of the molecule is N=C1NC(=O)C(=Cc2ccc(OS(=O)(=O)c3ccc([N+](=O)[O-])cc3)cc2)S1. The highest BCUT2D eigenvalue weighted by Crippen LogP contribution is 2.26. The molecular weight excluding hydrogens is 394 g/mol. The summed E-state index contributed by atoms with van der Waals surface area (Å²) in [6, 6.07) is 10.3. The molecule has 0 aromatic heterocycles. The van der Waals surface area contributed by atoms with Crippen molar-refractivity contribution in [3.63, 3.8) is 0 Å². The lowest BCUT2D eigenvalue weighted by atomic mass is 10.2. The van der Waals surface area contributed by atoms with Gasteiger partial charge >= 0.3 is 10.1 Å². The second kappa shape index (κ2) is 7.21. The van der Waals surface area contributed by atoms with Gasteiger partial charge in [0.05, 0.1) is 9.83 Å². The van der Waals surface area contributed by atoms with Gasteiger partial charge in [-0.1, -0.05) is 12.1 Å². The summed E-state index contributed by atoms with van der Waals surface area (Å²) in [6.45, 7) is 0. The summed E-state index contributed by atoms with van der Waals surface area (Å²) in [5.74, 6) is -0.321. The van der Waals surface area contributed by atoms with Gasteiger partial charge in [0.2, 0.25) is 0 Å². The van der Waals surface area contributed by atoms with E-state index in [1.165, 1.54) is 12.1 Å². The Balaban J connectivity index is 1.75. The number of nitrogens with zero attached hydrogens (tertiary/aromatic N) is 1. The van der Waals surface area contributed by atoms with Crippen molar-refractivity contribution in [2.45, 2.75) is 4.90 Å². The molecule has 2 aromatic rings. The molecular formula is C16H11N3O6S2. The van der Waals surface area contributed by atoms with Gasteiger partial charge in [0.1, 0.15) is 10.6 Å². The van der Waals surface area contributed by atoms with Crippen molar-refractivity contribution in [2.75, 3.05) is 0 Å². The summed E-state index contributed by atoms with van der Waals surface area (Å²) in [5.41, 5.74) is 0.399. The minimum atomic E-state index is -4.14. The van der Waals surface area contributed by atoms with Gasteiger partial charge in [0, 0.05) is 12.1 Å². The highest BCUT2D eigenvalue weighted by Gasteiger charge is 2.22. The first-order valence-corrected chi connectivity index (χ1v) is 9.55. The Kier molecular flexibility index (Phi) is 4.97. The van der Waals surface area contributed by atoms with Crippen LogP contribution in [0.3, 0.4) is 0 Å². The van der Waals surface area contributed by atoms with E-state index in [4.69, 9.17) is 9.59 Å². The standard InChI is InChI=1S/C16H11N3O6S2/c17-16-18-15(20)14(26-16)9-10-1-5-12(6-2-10)25-27(23,24)13-7-3-11(4-8-13)19(21)22/h1-9H,(H2,17,18,20). The molecule has 1 saturated heterocycles. The topological polar surface area (TPSA) is 139 Å². The summed E-state index contributed by atoms with van der Waals surface area (Å²) in [7, 11) is -4.14. The quantitative estimate of drug-likeness (QED) is 0.337. The Morgan fingerprint density at radius 3 is 2.26 bits per heavy atom. The lowest BCUT2D eigenvalue weighted by molar-refractivity contribution is -0.384. The molecule has 2 N–H and O–H groups in total. The van der Waals surface area contributed by atoms with E-state index >= 15 is 0 Å². The van der Waals surface area contributed by atoms with E-state index in [1.807, 2.05) is 0 Å². The molecule has 3 rings (SSSR count). The Morgan fingerprint density at radius 2 is 1.74 bits per heavy atom. The normalized spacial score (nSPS) is 15.6. The first-order chi connectivity index (χ1) is 12.7. The molecule has 138 valence electrons. The van der Waals surface area contributed by atoms with Gasteiger partial charge < -0.3 is 9.50 Å². The zero-order chi connectivity index (χ0) is 19.6. The fourth-order valence-corrected chi connectivity index (χ4v) is 3.75. The van der Waals surface area contributed by atoms with Crippen LogP contribution in [0.25, 0.3) is 6.08 Å². The Hall–Kier alpha value is -3.18. The van der Waals surface area contributed by atoms with Gasteiger partial charge in [-0.2, -0.15) is 8.42 Å². The second-order valence-electron chi connectivity index (χ2n) is 5.25. The fourth-order valence-electron chi connectivity index (χ4n) is 2.12. The molecule has 0 atom stereocenters. The predicted octanol–water partition coefficient (Wildman–Crippen LogP) is 2.50. The highest BCUT2D eigenvalue weighted by atomic mass is 32.2. The van der Waals surface area contributed by atoms with E-state index in [-0.39, 0.29) is 27.4 Å². The third-order valence-electron chi connectivity index (χ3n) is 3.38. The summed E-state index contributed by atoms with van der Waals surface area (Å²) < 4.78 is 29.5. The van der Waals surface area contributed by atoms with Crippen molar-refractivity contribution in [2.24, 2.45) is 0 Å². The number of amidine groups is 1. The van der Waals surface area contributed by atoms with E-state index in [9.17, 15) is 23.3 Å². The summed E-state index contributed by atoms with van der Waals surface area (Å²) in [6.07, 6.45) is 1.57.